The van der Waals surface area contributed by atoms with Gasteiger partial charge in [-0.15, -0.1) is 0 Å². The molecular weight excluding hydrogens is 350 g/mol. The maximum Gasteiger partial charge on any atom is 0.322 e. The number of carbonyl (C=O) groups is 3. The van der Waals surface area contributed by atoms with Gasteiger partial charge < -0.3 is 15.7 Å². The topological polar surface area (TPSA) is 133 Å². The van der Waals surface area contributed by atoms with Gasteiger partial charge >= 0.3 is 5.97 Å². The number of benzene rings is 1. The number of carboxylic acid groups (broad SMARTS) is 1. The Morgan fingerprint density at radius 1 is 1.12 bits per heavy atom. The molecule has 10 heteroatoms. The highest BCUT2D eigenvalue weighted by atomic mass is 32.2. The van der Waals surface area contributed by atoms with E-state index in [1.807, 2.05) is 0 Å². The lowest BCUT2D eigenvalue weighted by molar-refractivity contribution is -0.137. The molecule has 1 heterocycles. The largest absolute Gasteiger partial charge is 0.480 e. The summed E-state index contributed by atoms with van der Waals surface area (Å²) in [5.74, 6) is -1.90. The summed E-state index contributed by atoms with van der Waals surface area (Å²) in [6.45, 7) is -0.311. The molecular formula is C15H19N3O6S. The summed E-state index contributed by atoms with van der Waals surface area (Å²) < 4.78 is 24.5. The normalized spacial score (nSPS) is 16.3. The molecule has 1 aromatic carbocycles. The Morgan fingerprint density at radius 2 is 1.80 bits per heavy atom. The Kier molecular flexibility index (Phi) is 6.10. The average molecular weight is 369 g/mol. The molecule has 0 aromatic heterocycles. The van der Waals surface area contributed by atoms with Gasteiger partial charge in [0, 0.05) is 12.2 Å². The van der Waals surface area contributed by atoms with E-state index in [-0.39, 0.29) is 18.7 Å². The second-order valence-electron chi connectivity index (χ2n) is 5.60. The second-order valence-corrected chi connectivity index (χ2v) is 7.68. The number of nitrogens with zero attached hydrogens (tertiary/aromatic N) is 1. The minimum atomic E-state index is -3.32. The van der Waals surface area contributed by atoms with Crippen LogP contribution in [0, 0.1) is 0 Å². The monoisotopic (exact) mass is 369 g/mol. The zero-order valence-electron chi connectivity index (χ0n) is 13.4. The van der Waals surface area contributed by atoms with Crippen LogP contribution in [-0.2, 0) is 30.8 Å². The van der Waals surface area contributed by atoms with E-state index in [1.165, 1.54) is 0 Å². The summed E-state index contributed by atoms with van der Waals surface area (Å²) in [6.07, 6.45) is 0.543. The number of rotatable bonds is 7. The minimum absolute atomic E-state index is 0.0214. The number of hydrogen-bond acceptors (Lipinski definition) is 5. The van der Waals surface area contributed by atoms with Crippen LogP contribution in [0.5, 0.6) is 0 Å². The molecule has 0 unspecified atom stereocenters. The van der Waals surface area contributed by atoms with Crippen molar-refractivity contribution in [2.24, 2.45) is 0 Å². The van der Waals surface area contributed by atoms with E-state index >= 15 is 0 Å². The van der Waals surface area contributed by atoms with Gasteiger partial charge in [-0.05, 0) is 24.1 Å². The van der Waals surface area contributed by atoms with E-state index in [0.29, 0.717) is 24.2 Å². The quantitative estimate of drug-likeness (QED) is 0.588. The van der Waals surface area contributed by atoms with Crippen LogP contribution in [-0.4, -0.2) is 61.0 Å². The first-order chi connectivity index (χ1) is 11.8. The Labute approximate surface area is 145 Å². The van der Waals surface area contributed by atoms with E-state index in [9.17, 15) is 22.8 Å². The van der Waals surface area contributed by atoms with Crippen molar-refractivity contribution in [1.29, 1.82) is 0 Å². The summed E-state index contributed by atoms with van der Waals surface area (Å²) in [4.78, 5) is 33.8. The van der Waals surface area contributed by atoms with Gasteiger partial charge in [0.1, 0.15) is 6.54 Å². The van der Waals surface area contributed by atoms with E-state index in [0.717, 1.165) is 4.31 Å². The van der Waals surface area contributed by atoms with E-state index < -0.39 is 34.4 Å². The SMILES string of the molecule is O=C(O)CNC(=O)Cc1ccc(NC(=O)CN2CCCS2(=O)=O)cc1. The molecule has 25 heavy (non-hydrogen) atoms. The fourth-order valence-electron chi connectivity index (χ4n) is 2.36. The third-order valence-electron chi connectivity index (χ3n) is 3.56. The number of aliphatic carboxylic acids is 1. The number of anilines is 1. The van der Waals surface area contributed by atoms with Crippen LogP contribution in [0.3, 0.4) is 0 Å². The number of sulfonamides is 1. The van der Waals surface area contributed by atoms with Crippen molar-refractivity contribution in [3.05, 3.63) is 29.8 Å². The number of carbonyl (C=O) groups excluding carboxylic acids is 2. The van der Waals surface area contributed by atoms with Crippen LogP contribution < -0.4 is 10.6 Å². The summed E-state index contributed by atoms with van der Waals surface area (Å²) in [5, 5.41) is 13.3. The molecule has 136 valence electrons. The van der Waals surface area contributed by atoms with Gasteiger partial charge in [0.2, 0.25) is 21.8 Å². The Hall–Kier alpha value is -2.46. The molecule has 1 aliphatic heterocycles. The van der Waals surface area contributed by atoms with Crippen molar-refractivity contribution >= 4 is 33.5 Å². The summed E-state index contributed by atoms with van der Waals surface area (Å²) in [7, 11) is -3.32. The van der Waals surface area contributed by atoms with Crippen molar-refractivity contribution in [2.45, 2.75) is 12.8 Å². The zero-order valence-corrected chi connectivity index (χ0v) is 14.2. The molecule has 0 atom stereocenters. The summed E-state index contributed by atoms with van der Waals surface area (Å²) in [6, 6.07) is 6.44. The molecule has 0 spiro atoms. The first kappa shape index (κ1) is 18.9. The molecule has 2 rings (SSSR count). The van der Waals surface area contributed by atoms with Crippen molar-refractivity contribution in [2.75, 3.05) is 30.7 Å². The number of carboxylic acids is 1. The average Bonchev–Trinajstić information content (AvgIpc) is 2.86. The summed E-state index contributed by atoms with van der Waals surface area (Å²) in [5.41, 5.74) is 1.14. The van der Waals surface area contributed by atoms with Crippen LogP contribution in [0.2, 0.25) is 0 Å². The maximum absolute atomic E-state index is 11.9. The molecule has 0 radical (unpaired) electrons. The third kappa shape index (κ3) is 5.84. The number of hydrogen-bond donors (Lipinski definition) is 3. The van der Waals surface area contributed by atoms with Crippen LogP contribution in [0.25, 0.3) is 0 Å². The third-order valence-corrected chi connectivity index (χ3v) is 5.47. The molecule has 3 N–H and O–H groups in total. The fourth-order valence-corrected chi connectivity index (χ4v) is 3.83. The number of amides is 2. The zero-order chi connectivity index (χ0) is 18.4. The van der Waals surface area contributed by atoms with Crippen LogP contribution in [0.4, 0.5) is 5.69 Å². The lowest BCUT2D eigenvalue weighted by Gasteiger charge is -2.14. The molecule has 1 aromatic rings. The van der Waals surface area contributed by atoms with Crippen LogP contribution >= 0.6 is 0 Å². The second kappa shape index (κ2) is 8.08. The molecule has 1 fully saturated rings. The first-order valence-corrected chi connectivity index (χ1v) is 9.22. The molecule has 2 amide bonds. The fraction of sp³-hybridized carbons (Fsp3) is 0.400. The minimum Gasteiger partial charge on any atom is -0.480 e. The van der Waals surface area contributed by atoms with Gasteiger partial charge in [-0.1, -0.05) is 12.1 Å². The van der Waals surface area contributed by atoms with Crippen LogP contribution in [0.15, 0.2) is 24.3 Å². The van der Waals surface area contributed by atoms with E-state index in [1.54, 1.807) is 24.3 Å². The Bertz CT molecular complexity index is 760. The molecule has 0 bridgehead atoms. The predicted molar refractivity (Wildman–Crippen MR) is 89.4 cm³/mol. The van der Waals surface area contributed by atoms with Gasteiger partial charge in [-0.2, -0.15) is 4.31 Å². The smallest absolute Gasteiger partial charge is 0.322 e. The maximum atomic E-state index is 11.9. The van der Waals surface area contributed by atoms with Gasteiger partial charge in [-0.25, -0.2) is 8.42 Å². The van der Waals surface area contributed by atoms with Gasteiger partial charge in [0.25, 0.3) is 0 Å². The Balaban J connectivity index is 1.84. The molecule has 1 saturated heterocycles. The predicted octanol–water partition coefficient (Wildman–Crippen LogP) is -0.596. The standard InChI is InChI=1S/C15H19N3O6S/c19-13(16-9-15(21)22)8-11-2-4-12(5-3-11)17-14(20)10-18-6-1-7-25(18,23)24/h2-5H,1,6-10H2,(H,16,19)(H,17,20)(H,21,22). The summed E-state index contributed by atoms with van der Waals surface area (Å²) >= 11 is 0. The highest BCUT2D eigenvalue weighted by molar-refractivity contribution is 7.89. The van der Waals surface area contributed by atoms with Crippen molar-refractivity contribution in [3.63, 3.8) is 0 Å². The van der Waals surface area contributed by atoms with Crippen molar-refractivity contribution in [1.82, 2.24) is 9.62 Å². The van der Waals surface area contributed by atoms with Gasteiger partial charge in [-0.3, -0.25) is 14.4 Å². The van der Waals surface area contributed by atoms with Crippen molar-refractivity contribution in [3.8, 4) is 0 Å². The first-order valence-electron chi connectivity index (χ1n) is 7.61. The molecule has 9 nitrogen and oxygen atoms in total. The lowest BCUT2D eigenvalue weighted by atomic mass is 10.1. The van der Waals surface area contributed by atoms with Gasteiger partial charge in [0.05, 0.1) is 18.7 Å². The van der Waals surface area contributed by atoms with E-state index in [4.69, 9.17) is 5.11 Å². The Morgan fingerprint density at radius 3 is 2.36 bits per heavy atom. The van der Waals surface area contributed by atoms with Crippen molar-refractivity contribution < 1.29 is 27.9 Å². The molecule has 1 aliphatic rings. The highest BCUT2D eigenvalue weighted by Crippen LogP contribution is 2.14. The molecule has 0 saturated carbocycles. The van der Waals surface area contributed by atoms with E-state index in [2.05, 4.69) is 10.6 Å². The van der Waals surface area contributed by atoms with Gasteiger partial charge in [0.15, 0.2) is 0 Å². The number of nitrogens with one attached hydrogen (secondary N) is 2. The lowest BCUT2D eigenvalue weighted by Crippen LogP contribution is -2.34. The highest BCUT2D eigenvalue weighted by Gasteiger charge is 2.29. The molecule has 0 aliphatic carbocycles. The van der Waals surface area contributed by atoms with Crippen LogP contribution in [0.1, 0.15) is 12.0 Å².